The number of carboxylic acids is 1. The van der Waals surface area contributed by atoms with Gasteiger partial charge in [0.05, 0.1) is 5.02 Å². The molecule has 1 heterocycles. The van der Waals surface area contributed by atoms with E-state index in [0.29, 0.717) is 0 Å². The molecule has 0 saturated heterocycles. The van der Waals surface area contributed by atoms with Gasteiger partial charge < -0.3 is 9.84 Å². The van der Waals surface area contributed by atoms with Crippen molar-refractivity contribution in [3.05, 3.63) is 50.1 Å². The standard InChI is InChI=1S/C12H8Cl2O3S/c13-7-4-9(12(15)16)11(10(14)5-7)17-6-8-2-1-3-18-8/h1-5H,6H2,(H,15,16). The van der Waals surface area contributed by atoms with E-state index >= 15 is 0 Å². The summed E-state index contributed by atoms with van der Waals surface area (Å²) in [6.07, 6.45) is 0. The van der Waals surface area contributed by atoms with Crippen LogP contribution >= 0.6 is 34.5 Å². The molecule has 0 saturated carbocycles. The van der Waals surface area contributed by atoms with Crippen LogP contribution in [0.1, 0.15) is 15.2 Å². The largest absolute Gasteiger partial charge is 0.486 e. The molecule has 2 aromatic rings. The lowest BCUT2D eigenvalue weighted by atomic mass is 10.2. The van der Waals surface area contributed by atoms with E-state index in [2.05, 4.69) is 0 Å². The van der Waals surface area contributed by atoms with Gasteiger partial charge >= 0.3 is 5.97 Å². The molecule has 0 aliphatic rings. The maximum atomic E-state index is 11.1. The molecule has 0 atom stereocenters. The van der Waals surface area contributed by atoms with E-state index in [1.807, 2.05) is 17.5 Å². The quantitative estimate of drug-likeness (QED) is 0.914. The molecule has 18 heavy (non-hydrogen) atoms. The molecule has 0 bridgehead atoms. The van der Waals surface area contributed by atoms with Gasteiger partial charge in [-0.05, 0) is 23.6 Å². The van der Waals surface area contributed by atoms with Crippen LogP contribution in [0.5, 0.6) is 5.75 Å². The lowest BCUT2D eigenvalue weighted by Gasteiger charge is -2.10. The fourth-order valence-electron chi connectivity index (χ4n) is 1.40. The zero-order valence-corrected chi connectivity index (χ0v) is 11.4. The highest BCUT2D eigenvalue weighted by atomic mass is 35.5. The van der Waals surface area contributed by atoms with Crippen LogP contribution in [-0.4, -0.2) is 11.1 Å². The van der Waals surface area contributed by atoms with Crippen molar-refractivity contribution in [1.29, 1.82) is 0 Å². The Kier molecular flexibility index (Phi) is 4.11. The number of carbonyl (C=O) groups is 1. The average molecular weight is 303 g/mol. The lowest BCUT2D eigenvalue weighted by molar-refractivity contribution is 0.0692. The molecule has 1 aromatic carbocycles. The number of ether oxygens (including phenoxy) is 1. The third-order valence-corrected chi connectivity index (χ3v) is 3.53. The number of thiophene rings is 1. The van der Waals surface area contributed by atoms with Crippen LogP contribution in [0.4, 0.5) is 0 Å². The Labute approximate surface area is 118 Å². The topological polar surface area (TPSA) is 46.5 Å². The molecule has 0 unspecified atom stereocenters. The number of aromatic carboxylic acids is 1. The van der Waals surface area contributed by atoms with E-state index in [0.717, 1.165) is 4.88 Å². The summed E-state index contributed by atoms with van der Waals surface area (Å²) in [6.45, 7) is 0.277. The third-order valence-electron chi connectivity index (χ3n) is 2.18. The lowest BCUT2D eigenvalue weighted by Crippen LogP contribution is -2.03. The number of hydrogen-bond donors (Lipinski definition) is 1. The maximum absolute atomic E-state index is 11.1. The number of hydrogen-bond acceptors (Lipinski definition) is 3. The highest BCUT2D eigenvalue weighted by Crippen LogP contribution is 2.33. The smallest absolute Gasteiger partial charge is 0.339 e. The van der Waals surface area contributed by atoms with Crippen LogP contribution in [0.25, 0.3) is 0 Å². The minimum Gasteiger partial charge on any atom is -0.486 e. The predicted octanol–water partition coefficient (Wildman–Crippen LogP) is 4.33. The first kappa shape index (κ1) is 13.2. The van der Waals surface area contributed by atoms with Gasteiger partial charge in [0.25, 0.3) is 0 Å². The molecule has 0 amide bonds. The second kappa shape index (κ2) is 5.61. The van der Waals surface area contributed by atoms with Crippen molar-refractivity contribution < 1.29 is 14.6 Å². The number of benzene rings is 1. The van der Waals surface area contributed by atoms with E-state index in [-0.39, 0.29) is 28.0 Å². The van der Waals surface area contributed by atoms with E-state index in [1.165, 1.54) is 23.5 Å². The summed E-state index contributed by atoms with van der Waals surface area (Å²) in [6, 6.07) is 6.57. The minimum absolute atomic E-state index is 0.0379. The van der Waals surface area contributed by atoms with Gasteiger partial charge in [0.2, 0.25) is 0 Å². The van der Waals surface area contributed by atoms with Crippen molar-refractivity contribution in [2.45, 2.75) is 6.61 Å². The van der Waals surface area contributed by atoms with Gasteiger partial charge in [0.15, 0.2) is 5.75 Å². The Hall–Kier alpha value is -1.23. The number of halogens is 2. The summed E-state index contributed by atoms with van der Waals surface area (Å²) in [5, 5.41) is 11.4. The van der Waals surface area contributed by atoms with Crippen molar-refractivity contribution in [3.8, 4) is 5.75 Å². The second-order valence-corrected chi connectivity index (χ2v) is 5.31. The first-order chi connectivity index (χ1) is 8.58. The van der Waals surface area contributed by atoms with Crippen LogP contribution in [0.3, 0.4) is 0 Å². The van der Waals surface area contributed by atoms with E-state index in [9.17, 15) is 4.79 Å². The predicted molar refractivity (Wildman–Crippen MR) is 72.1 cm³/mol. The van der Waals surface area contributed by atoms with Gasteiger partial charge in [0.1, 0.15) is 12.2 Å². The van der Waals surface area contributed by atoms with Crippen molar-refractivity contribution in [3.63, 3.8) is 0 Å². The summed E-state index contributed by atoms with van der Waals surface area (Å²) in [4.78, 5) is 12.1. The minimum atomic E-state index is -1.12. The van der Waals surface area contributed by atoms with Crippen LogP contribution in [0.2, 0.25) is 10.0 Å². The zero-order valence-electron chi connectivity index (χ0n) is 9.02. The Morgan fingerprint density at radius 2 is 2.17 bits per heavy atom. The van der Waals surface area contributed by atoms with Crippen LogP contribution in [0, 0.1) is 0 Å². The summed E-state index contributed by atoms with van der Waals surface area (Å²) in [5.74, 6) is -0.984. The highest BCUT2D eigenvalue weighted by molar-refractivity contribution is 7.09. The van der Waals surface area contributed by atoms with Gasteiger partial charge in [-0.2, -0.15) is 0 Å². The van der Waals surface area contributed by atoms with Crippen LogP contribution in [0.15, 0.2) is 29.6 Å². The molecule has 1 aromatic heterocycles. The maximum Gasteiger partial charge on any atom is 0.339 e. The Bertz CT molecular complexity index is 567. The van der Waals surface area contributed by atoms with Crippen molar-refractivity contribution in [2.75, 3.05) is 0 Å². The number of rotatable bonds is 4. The van der Waals surface area contributed by atoms with Gasteiger partial charge in [-0.1, -0.05) is 29.3 Å². The molecular formula is C12H8Cl2O3S. The monoisotopic (exact) mass is 302 g/mol. The van der Waals surface area contributed by atoms with Crippen LogP contribution < -0.4 is 4.74 Å². The highest BCUT2D eigenvalue weighted by Gasteiger charge is 2.16. The molecule has 0 aliphatic carbocycles. The van der Waals surface area contributed by atoms with Crippen molar-refractivity contribution in [1.82, 2.24) is 0 Å². The summed E-state index contributed by atoms with van der Waals surface area (Å²) in [7, 11) is 0. The summed E-state index contributed by atoms with van der Waals surface area (Å²) in [5.41, 5.74) is -0.0379. The Morgan fingerprint density at radius 3 is 2.78 bits per heavy atom. The van der Waals surface area contributed by atoms with Gasteiger partial charge in [-0.25, -0.2) is 4.79 Å². The van der Waals surface area contributed by atoms with Gasteiger partial charge in [-0.15, -0.1) is 11.3 Å². The third kappa shape index (κ3) is 2.96. The molecular weight excluding hydrogens is 295 g/mol. The van der Waals surface area contributed by atoms with E-state index in [4.69, 9.17) is 33.0 Å². The molecule has 0 spiro atoms. The fourth-order valence-corrected chi connectivity index (χ4v) is 2.57. The molecule has 0 fully saturated rings. The molecule has 0 radical (unpaired) electrons. The first-order valence-corrected chi connectivity index (χ1v) is 6.59. The molecule has 6 heteroatoms. The normalized spacial score (nSPS) is 10.3. The Morgan fingerprint density at radius 1 is 1.39 bits per heavy atom. The van der Waals surface area contributed by atoms with Crippen LogP contribution in [-0.2, 0) is 6.61 Å². The molecule has 0 aliphatic heterocycles. The van der Waals surface area contributed by atoms with E-state index < -0.39 is 5.97 Å². The SMILES string of the molecule is O=C(O)c1cc(Cl)cc(Cl)c1OCc1cccs1. The molecule has 94 valence electrons. The summed E-state index contributed by atoms with van der Waals surface area (Å²) >= 11 is 13.2. The van der Waals surface area contributed by atoms with Gasteiger partial charge in [-0.3, -0.25) is 0 Å². The average Bonchev–Trinajstić information content (AvgIpc) is 2.79. The molecule has 2 rings (SSSR count). The van der Waals surface area contributed by atoms with Gasteiger partial charge in [0, 0.05) is 9.90 Å². The van der Waals surface area contributed by atoms with Crippen molar-refractivity contribution >= 4 is 40.5 Å². The summed E-state index contributed by atoms with van der Waals surface area (Å²) < 4.78 is 5.47. The fraction of sp³-hybridized carbons (Fsp3) is 0.0833. The van der Waals surface area contributed by atoms with E-state index in [1.54, 1.807) is 0 Å². The molecule has 1 N–H and O–H groups in total. The number of carboxylic acid groups (broad SMARTS) is 1. The Balaban J connectivity index is 2.28. The molecule has 3 nitrogen and oxygen atoms in total. The second-order valence-electron chi connectivity index (χ2n) is 3.44. The van der Waals surface area contributed by atoms with Crippen molar-refractivity contribution in [2.24, 2.45) is 0 Å². The zero-order chi connectivity index (χ0) is 13.1. The first-order valence-electron chi connectivity index (χ1n) is 4.95.